The maximum atomic E-state index is 12.2. The monoisotopic (exact) mass is 553 g/mol. The zero-order valence-corrected chi connectivity index (χ0v) is 21.0. The number of nitrogens with one attached hydrogen (secondary N) is 1. The average molecular weight is 555 g/mol. The number of halogens is 2. The number of hydrogen-bond donors (Lipinski definition) is 1. The van der Waals surface area contributed by atoms with Crippen LogP contribution in [0.2, 0.25) is 5.02 Å². The van der Waals surface area contributed by atoms with Crippen LogP contribution in [0.4, 0.5) is 0 Å². The molecule has 0 fully saturated rings. The molecule has 4 aromatic rings. The van der Waals surface area contributed by atoms with Crippen molar-refractivity contribution in [2.24, 2.45) is 5.10 Å². The molecule has 0 bridgehead atoms. The van der Waals surface area contributed by atoms with E-state index in [1.165, 1.54) is 6.21 Å². The summed E-state index contributed by atoms with van der Waals surface area (Å²) in [4.78, 5) is 16.5. The van der Waals surface area contributed by atoms with E-state index >= 15 is 0 Å². The van der Waals surface area contributed by atoms with Gasteiger partial charge in [0.15, 0.2) is 18.1 Å². The summed E-state index contributed by atoms with van der Waals surface area (Å²) in [7, 11) is 1.55. The SMILES string of the molecule is COc1cc(/C=N/NC(=O)COc2cccc3cccnc23)c(Br)cc1OCc1ccccc1Cl. The molecule has 1 N–H and O–H groups in total. The first-order chi connectivity index (χ1) is 17.0. The van der Waals surface area contributed by atoms with Crippen LogP contribution in [0.15, 0.2) is 82.5 Å². The second-order valence-electron chi connectivity index (χ2n) is 7.32. The Balaban J connectivity index is 1.36. The first-order valence-corrected chi connectivity index (χ1v) is 11.7. The van der Waals surface area contributed by atoms with Gasteiger partial charge in [-0.2, -0.15) is 5.10 Å². The van der Waals surface area contributed by atoms with Crippen molar-refractivity contribution in [2.75, 3.05) is 13.7 Å². The maximum absolute atomic E-state index is 12.2. The van der Waals surface area contributed by atoms with Gasteiger partial charge in [-0.1, -0.05) is 48.0 Å². The van der Waals surface area contributed by atoms with E-state index in [1.54, 1.807) is 31.5 Å². The molecule has 1 aromatic heterocycles. The van der Waals surface area contributed by atoms with Gasteiger partial charge in [-0.25, -0.2) is 5.43 Å². The molecule has 0 aliphatic carbocycles. The zero-order valence-electron chi connectivity index (χ0n) is 18.7. The number of carbonyl (C=O) groups is 1. The number of carbonyl (C=O) groups excluding carboxylic acids is 1. The lowest BCUT2D eigenvalue weighted by molar-refractivity contribution is -0.123. The standard InChI is InChI=1S/C26H21BrClN3O4/c1-33-23-12-19(20(27)13-24(23)34-15-18-6-2-3-9-21(18)28)14-30-31-25(32)16-35-22-10-4-7-17-8-5-11-29-26(17)22/h2-14H,15-16H2,1H3,(H,31,32)/b30-14+. The highest BCUT2D eigenvalue weighted by molar-refractivity contribution is 9.10. The lowest BCUT2D eigenvalue weighted by Crippen LogP contribution is -2.24. The normalized spacial score (nSPS) is 10.9. The molecule has 0 aliphatic heterocycles. The number of benzene rings is 3. The van der Waals surface area contributed by atoms with Crippen molar-refractivity contribution in [3.63, 3.8) is 0 Å². The van der Waals surface area contributed by atoms with E-state index in [9.17, 15) is 4.79 Å². The maximum Gasteiger partial charge on any atom is 0.277 e. The Kier molecular flexibility index (Phi) is 8.18. The fraction of sp³-hybridized carbons (Fsp3) is 0.115. The molecule has 0 unspecified atom stereocenters. The molecule has 0 spiro atoms. The van der Waals surface area contributed by atoms with Gasteiger partial charge >= 0.3 is 0 Å². The second-order valence-corrected chi connectivity index (χ2v) is 8.58. The van der Waals surface area contributed by atoms with Crippen molar-refractivity contribution in [1.29, 1.82) is 0 Å². The number of rotatable bonds is 9. The summed E-state index contributed by atoms with van der Waals surface area (Å²) < 4.78 is 17.7. The smallest absolute Gasteiger partial charge is 0.277 e. The summed E-state index contributed by atoms with van der Waals surface area (Å²) in [5, 5.41) is 5.59. The summed E-state index contributed by atoms with van der Waals surface area (Å²) in [6, 6.07) is 20.3. The number of hydrazone groups is 1. The van der Waals surface area contributed by atoms with Gasteiger partial charge in [-0.05, 0) is 46.3 Å². The molecule has 0 aliphatic rings. The van der Waals surface area contributed by atoms with Crippen molar-refractivity contribution in [2.45, 2.75) is 6.61 Å². The summed E-state index contributed by atoms with van der Waals surface area (Å²) in [6.45, 7) is 0.0878. The van der Waals surface area contributed by atoms with Gasteiger partial charge in [0.25, 0.3) is 5.91 Å². The first-order valence-electron chi connectivity index (χ1n) is 10.6. The van der Waals surface area contributed by atoms with Gasteiger partial charge in [-0.15, -0.1) is 0 Å². The van der Waals surface area contributed by atoms with E-state index in [0.717, 1.165) is 10.9 Å². The van der Waals surface area contributed by atoms with Gasteiger partial charge < -0.3 is 14.2 Å². The minimum Gasteiger partial charge on any atom is -0.493 e. The largest absolute Gasteiger partial charge is 0.493 e. The van der Waals surface area contributed by atoms with Crippen LogP contribution in [0.3, 0.4) is 0 Å². The van der Waals surface area contributed by atoms with E-state index in [1.807, 2.05) is 48.5 Å². The van der Waals surface area contributed by atoms with E-state index in [2.05, 4.69) is 31.4 Å². The number of aromatic nitrogens is 1. The Hall–Kier alpha value is -3.62. The topological polar surface area (TPSA) is 82.0 Å². The molecule has 9 heteroatoms. The Morgan fingerprint density at radius 3 is 2.71 bits per heavy atom. The highest BCUT2D eigenvalue weighted by Gasteiger charge is 2.11. The number of methoxy groups -OCH3 is 1. The number of hydrogen-bond acceptors (Lipinski definition) is 6. The van der Waals surface area contributed by atoms with Crippen molar-refractivity contribution in [3.8, 4) is 17.2 Å². The Bertz CT molecular complexity index is 1370. The molecular weight excluding hydrogens is 534 g/mol. The fourth-order valence-electron chi connectivity index (χ4n) is 3.24. The molecule has 1 heterocycles. The zero-order chi connectivity index (χ0) is 24.6. The molecule has 0 saturated carbocycles. The van der Waals surface area contributed by atoms with Crippen molar-refractivity contribution >= 4 is 50.6 Å². The van der Waals surface area contributed by atoms with Crippen LogP contribution < -0.4 is 19.6 Å². The minimum atomic E-state index is -0.406. The summed E-state index contributed by atoms with van der Waals surface area (Å²) in [5.41, 5.74) is 4.70. The molecule has 4 rings (SSSR count). The van der Waals surface area contributed by atoms with Crippen LogP contribution in [0.25, 0.3) is 10.9 Å². The Labute approximate surface area is 215 Å². The minimum absolute atomic E-state index is 0.202. The third kappa shape index (κ3) is 6.29. The van der Waals surface area contributed by atoms with E-state index in [-0.39, 0.29) is 13.2 Å². The molecule has 35 heavy (non-hydrogen) atoms. The fourth-order valence-corrected chi connectivity index (χ4v) is 3.85. The van der Waals surface area contributed by atoms with Gasteiger partial charge in [-0.3, -0.25) is 9.78 Å². The van der Waals surface area contributed by atoms with E-state index in [0.29, 0.717) is 37.8 Å². The van der Waals surface area contributed by atoms with Crippen molar-refractivity contribution in [1.82, 2.24) is 10.4 Å². The number of amides is 1. The molecule has 0 saturated heterocycles. The molecule has 1 amide bonds. The number of para-hydroxylation sites is 1. The van der Waals surface area contributed by atoms with E-state index < -0.39 is 5.91 Å². The van der Waals surface area contributed by atoms with Gasteiger partial charge in [0.2, 0.25) is 0 Å². The quantitative estimate of drug-likeness (QED) is 0.210. The van der Waals surface area contributed by atoms with Crippen LogP contribution in [0.5, 0.6) is 17.2 Å². The average Bonchev–Trinajstić information content (AvgIpc) is 2.88. The molecular formula is C26H21BrClN3O4. The van der Waals surface area contributed by atoms with Crippen LogP contribution in [-0.4, -0.2) is 30.8 Å². The highest BCUT2D eigenvalue weighted by atomic mass is 79.9. The first kappa shape index (κ1) is 24.5. The second kappa shape index (κ2) is 11.7. The Morgan fingerprint density at radius 1 is 1.06 bits per heavy atom. The van der Waals surface area contributed by atoms with Crippen molar-refractivity contribution in [3.05, 3.63) is 93.5 Å². The molecule has 0 radical (unpaired) electrons. The highest BCUT2D eigenvalue weighted by Crippen LogP contribution is 2.34. The number of ether oxygens (including phenoxy) is 3. The van der Waals surface area contributed by atoms with Crippen molar-refractivity contribution < 1.29 is 19.0 Å². The van der Waals surface area contributed by atoms with Crippen LogP contribution in [0, 0.1) is 0 Å². The number of fused-ring (bicyclic) bond motifs is 1. The molecule has 178 valence electrons. The summed E-state index contributed by atoms with van der Waals surface area (Å²) in [6.07, 6.45) is 3.18. The lowest BCUT2D eigenvalue weighted by Gasteiger charge is -2.13. The summed E-state index contributed by atoms with van der Waals surface area (Å²) >= 11 is 9.71. The van der Waals surface area contributed by atoms with Crippen LogP contribution in [0.1, 0.15) is 11.1 Å². The van der Waals surface area contributed by atoms with Gasteiger partial charge in [0.1, 0.15) is 17.9 Å². The van der Waals surface area contributed by atoms with E-state index in [4.69, 9.17) is 25.8 Å². The van der Waals surface area contributed by atoms with Crippen LogP contribution >= 0.6 is 27.5 Å². The third-order valence-electron chi connectivity index (χ3n) is 4.97. The Morgan fingerprint density at radius 2 is 1.89 bits per heavy atom. The molecule has 0 atom stereocenters. The van der Waals surface area contributed by atoms with Gasteiger partial charge in [0, 0.05) is 32.2 Å². The predicted octanol–water partition coefficient (Wildman–Crippen LogP) is 5.77. The van der Waals surface area contributed by atoms with Crippen LogP contribution in [-0.2, 0) is 11.4 Å². The predicted molar refractivity (Wildman–Crippen MR) is 139 cm³/mol. The third-order valence-corrected chi connectivity index (χ3v) is 6.03. The lowest BCUT2D eigenvalue weighted by atomic mass is 10.2. The molecule has 7 nitrogen and oxygen atoms in total. The number of pyridine rings is 1. The number of nitrogens with zero attached hydrogens (tertiary/aromatic N) is 2. The van der Waals surface area contributed by atoms with Gasteiger partial charge in [0.05, 0.1) is 13.3 Å². The molecule has 3 aromatic carbocycles. The summed E-state index contributed by atoms with van der Waals surface area (Å²) in [5.74, 6) is 1.18.